The summed E-state index contributed by atoms with van der Waals surface area (Å²) in [6.07, 6.45) is 36.7. The SMILES string of the molecule is CCCCCCCCCCCCCCCC(=O)OCC(COC(=O)CCCCCCCCCCCCCCC)OC(=O)CC(C)CC(=O)OC1CCC(N(CC(C)C)c2ccc([C@H](C)CC(=O)O)cc2Nc2cnc(Cl)cn2)CC1. The van der Waals surface area contributed by atoms with Crippen LogP contribution in [0.25, 0.3) is 0 Å². The summed E-state index contributed by atoms with van der Waals surface area (Å²) < 4.78 is 23.0. The van der Waals surface area contributed by atoms with Gasteiger partial charge in [-0.3, -0.25) is 24.0 Å². The molecule has 0 spiro atoms. The molecule has 2 N–H and O–H groups in total. The highest BCUT2D eigenvalue weighted by molar-refractivity contribution is 6.29. The first-order valence-corrected chi connectivity index (χ1v) is 32.1. The van der Waals surface area contributed by atoms with Gasteiger partial charge in [0.15, 0.2) is 6.10 Å². The maximum absolute atomic E-state index is 13.4. The number of benzene rings is 1. The summed E-state index contributed by atoms with van der Waals surface area (Å²) in [4.78, 5) is 75.0. The number of carboxylic acid groups (broad SMARTS) is 1. The van der Waals surface area contributed by atoms with E-state index in [9.17, 15) is 29.1 Å². The third-order valence-electron chi connectivity index (χ3n) is 15.4. The molecule has 2 atom stereocenters. The number of anilines is 3. The quantitative estimate of drug-likeness (QED) is 0.0362. The lowest BCUT2D eigenvalue weighted by molar-refractivity contribution is -0.168. The molecule has 0 aliphatic heterocycles. The van der Waals surface area contributed by atoms with Gasteiger partial charge in [0.25, 0.3) is 0 Å². The number of ether oxygens (including phenoxy) is 4. The Bertz CT molecular complexity index is 1950. The monoisotopic (exact) mass is 1140 g/mol. The van der Waals surface area contributed by atoms with Crippen molar-refractivity contribution < 1.29 is 48.0 Å². The zero-order valence-electron chi connectivity index (χ0n) is 50.6. The van der Waals surface area contributed by atoms with Crippen molar-refractivity contribution in [1.82, 2.24) is 9.97 Å². The average molecular weight is 1140 g/mol. The molecule has 14 nitrogen and oxygen atoms in total. The highest BCUT2D eigenvalue weighted by atomic mass is 35.5. The van der Waals surface area contributed by atoms with Crippen LogP contribution < -0.4 is 10.2 Å². The number of aromatic nitrogens is 2. The Balaban J connectivity index is 1.49. The van der Waals surface area contributed by atoms with Gasteiger partial charge in [-0.1, -0.05) is 213 Å². The van der Waals surface area contributed by atoms with E-state index < -0.39 is 18.0 Å². The molecule has 1 heterocycles. The smallest absolute Gasteiger partial charge is 0.306 e. The van der Waals surface area contributed by atoms with Crippen LogP contribution in [0.5, 0.6) is 0 Å². The standard InChI is InChI=1S/C65H107ClN4O10/c1-7-9-11-13-15-17-19-21-23-25-27-29-31-33-62(73)77-48-56(49-78-63(74)34-32-30-28-26-24-22-20-18-16-14-12-10-8-2)80-65(76)42-51(5)41-64(75)79-55-38-36-54(37-39-55)70(47-50(3)4)58-40-35-53(52(6)43-61(71)72)44-57(58)69-60-46-67-59(66)45-68-60/h35,40,44-46,50-52,54-56H,7-34,36-39,41-43,47-49H2,1-6H3,(H,68,69)(H,71,72)/t51?,52-,54?,55?/m1/s1. The molecule has 80 heavy (non-hydrogen) atoms. The van der Waals surface area contributed by atoms with Gasteiger partial charge in [0.2, 0.25) is 0 Å². The summed E-state index contributed by atoms with van der Waals surface area (Å²) in [5, 5.41) is 13.2. The van der Waals surface area contributed by atoms with E-state index in [1.165, 1.54) is 135 Å². The van der Waals surface area contributed by atoms with Gasteiger partial charge >= 0.3 is 29.8 Å². The van der Waals surface area contributed by atoms with E-state index in [4.69, 9.17) is 30.5 Å². The van der Waals surface area contributed by atoms with Gasteiger partial charge in [-0.25, -0.2) is 9.97 Å². The molecule has 1 aliphatic carbocycles. The molecule has 1 fully saturated rings. The minimum atomic E-state index is -0.963. The lowest BCUT2D eigenvalue weighted by Gasteiger charge is -2.40. The van der Waals surface area contributed by atoms with Crippen LogP contribution in [0.1, 0.15) is 278 Å². The largest absolute Gasteiger partial charge is 0.481 e. The molecular weight excluding hydrogens is 1030 g/mol. The number of nitrogens with zero attached hydrogens (tertiary/aromatic N) is 3. The molecule has 0 radical (unpaired) electrons. The Labute approximate surface area is 488 Å². The van der Waals surface area contributed by atoms with Crippen molar-refractivity contribution >= 4 is 58.6 Å². The van der Waals surface area contributed by atoms with Crippen LogP contribution in [-0.2, 0) is 42.9 Å². The number of unbranched alkanes of at least 4 members (excludes halogenated alkanes) is 24. The van der Waals surface area contributed by atoms with Crippen molar-refractivity contribution in [2.24, 2.45) is 11.8 Å². The van der Waals surface area contributed by atoms with E-state index in [2.05, 4.69) is 47.9 Å². The molecule has 15 heteroatoms. The second-order valence-corrected chi connectivity index (χ2v) is 24.0. The van der Waals surface area contributed by atoms with Crippen molar-refractivity contribution in [3.63, 3.8) is 0 Å². The first kappa shape index (κ1) is 69.8. The van der Waals surface area contributed by atoms with Gasteiger partial charge in [0.1, 0.15) is 30.3 Å². The van der Waals surface area contributed by atoms with E-state index in [1.54, 1.807) is 13.1 Å². The average Bonchev–Trinajstić information content (AvgIpc) is 3.48. The maximum atomic E-state index is 13.4. The predicted molar refractivity (Wildman–Crippen MR) is 323 cm³/mol. The maximum Gasteiger partial charge on any atom is 0.306 e. The lowest BCUT2D eigenvalue weighted by Crippen LogP contribution is -2.42. The number of nitrogens with one attached hydrogen (secondary N) is 1. The number of carboxylic acids is 1. The number of esters is 4. The van der Waals surface area contributed by atoms with E-state index >= 15 is 0 Å². The molecule has 454 valence electrons. The van der Waals surface area contributed by atoms with Crippen molar-refractivity contribution in [1.29, 1.82) is 0 Å². The molecule has 2 aromatic rings. The number of carbonyl (C=O) groups is 5. The van der Waals surface area contributed by atoms with Gasteiger partial charge in [-0.05, 0) is 74.0 Å². The van der Waals surface area contributed by atoms with Gasteiger partial charge < -0.3 is 34.3 Å². The van der Waals surface area contributed by atoms with Crippen LogP contribution in [0.2, 0.25) is 5.15 Å². The molecule has 0 bridgehead atoms. The highest BCUT2D eigenvalue weighted by Crippen LogP contribution is 2.38. The van der Waals surface area contributed by atoms with E-state index in [0.29, 0.717) is 24.6 Å². The number of hydrogen-bond acceptors (Lipinski definition) is 13. The third kappa shape index (κ3) is 32.8. The van der Waals surface area contributed by atoms with Crippen LogP contribution in [0.3, 0.4) is 0 Å². The number of rotatable bonds is 47. The fourth-order valence-corrected chi connectivity index (χ4v) is 10.8. The summed E-state index contributed by atoms with van der Waals surface area (Å²) in [5.74, 6) is -2.31. The Morgan fingerprint density at radius 2 is 1.09 bits per heavy atom. The molecule has 0 saturated heterocycles. The number of halogens is 1. The first-order chi connectivity index (χ1) is 38.7. The van der Waals surface area contributed by atoms with Crippen LogP contribution in [-0.4, -0.2) is 82.9 Å². The number of aliphatic carboxylic acids is 1. The minimum absolute atomic E-state index is 0.00221. The van der Waals surface area contributed by atoms with Crippen molar-refractivity contribution in [3.05, 3.63) is 41.3 Å². The van der Waals surface area contributed by atoms with Crippen LogP contribution in [0, 0.1) is 11.8 Å². The molecular formula is C65H107ClN4O10. The molecule has 1 aromatic carbocycles. The van der Waals surface area contributed by atoms with Gasteiger partial charge in [0.05, 0.1) is 30.2 Å². The summed E-state index contributed by atoms with van der Waals surface area (Å²) in [5.41, 5.74) is 2.62. The van der Waals surface area contributed by atoms with Crippen LogP contribution >= 0.6 is 11.6 Å². The normalized spacial score (nSPS) is 15.1. The topological polar surface area (TPSA) is 184 Å². The fraction of sp³-hybridized carbons (Fsp3) is 0.769. The Kier molecular flexibility index (Phi) is 37.7. The molecule has 1 aliphatic rings. The minimum Gasteiger partial charge on any atom is -0.481 e. The van der Waals surface area contributed by atoms with E-state index in [1.807, 2.05) is 25.1 Å². The Hall–Kier alpha value is -4.46. The van der Waals surface area contributed by atoms with Crippen molar-refractivity contribution in [2.75, 3.05) is 30.0 Å². The van der Waals surface area contributed by atoms with Crippen molar-refractivity contribution in [2.45, 2.75) is 290 Å². The molecule has 3 rings (SSSR count). The zero-order chi connectivity index (χ0) is 58.2. The lowest BCUT2D eigenvalue weighted by atomic mass is 9.90. The number of hydrogen-bond donors (Lipinski definition) is 2. The predicted octanol–water partition coefficient (Wildman–Crippen LogP) is 17.1. The van der Waals surface area contributed by atoms with Gasteiger partial charge in [-0.2, -0.15) is 0 Å². The van der Waals surface area contributed by atoms with E-state index in [0.717, 1.165) is 74.8 Å². The van der Waals surface area contributed by atoms with E-state index in [-0.39, 0.29) is 92.4 Å². The first-order valence-electron chi connectivity index (χ1n) is 31.7. The second kappa shape index (κ2) is 43.3. The summed E-state index contributed by atoms with van der Waals surface area (Å²) >= 11 is 6.04. The second-order valence-electron chi connectivity index (χ2n) is 23.6. The Morgan fingerprint density at radius 3 is 1.54 bits per heavy atom. The summed E-state index contributed by atoms with van der Waals surface area (Å²) in [6, 6.07) is 6.17. The van der Waals surface area contributed by atoms with Gasteiger partial charge in [-0.15, -0.1) is 0 Å². The number of carbonyl (C=O) groups excluding carboxylic acids is 4. The fourth-order valence-electron chi connectivity index (χ4n) is 10.7. The third-order valence-corrected chi connectivity index (χ3v) is 15.6. The highest BCUT2D eigenvalue weighted by Gasteiger charge is 2.31. The molecule has 1 aromatic heterocycles. The summed E-state index contributed by atoms with van der Waals surface area (Å²) in [7, 11) is 0. The zero-order valence-corrected chi connectivity index (χ0v) is 51.3. The van der Waals surface area contributed by atoms with Crippen molar-refractivity contribution in [3.8, 4) is 0 Å². The Morgan fingerprint density at radius 1 is 0.613 bits per heavy atom. The summed E-state index contributed by atoms with van der Waals surface area (Å²) in [6.45, 7) is 12.9. The van der Waals surface area contributed by atoms with Crippen LogP contribution in [0.15, 0.2) is 30.6 Å². The molecule has 1 unspecified atom stereocenters. The van der Waals surface area contributed by atoms with Crippen LogP contribution in [0.4, 0.5) is 17.2 Å². The molecule has 1 saturated carbocycles. The van der Waals surface area contributed by atoms with Gasteiger partial charge in [0, 0.05) is 38.3 Å². The molecule has 0 amide bonds.